The van der Waals surface area contributed by atoms with E-state index < -0.39 is 0 Å². The number of piperidine rings is 1. The summed E-state index contributed by atoms with van der Waals surface area (Å²) in [5, 5.41) is 2.58. The Morgan fingerprint density at radius 3 is 2.45 bits per heavy atom. The monoisotopic (exact) mass is 399 g/mol. The molecule has 3 rings (SSSR count). The van der Waals surface area contributed by atoms with Crippen molar-refractivity contribution in [1.29, 1.82) is 0 Å². The molecule has 2 saturated heterocycles. The Balaban J connectivity index is 1.63. The number of carbonyl (C=O) groups is 3. The lowest BCUT2D eigenvalue weighted by Gasteiger charge is -2.43. The van der Waals surface area contributed by atoms with Crippen molar-refractivity contribution in [2.24, 2.45) is 11.3 Å². The third-order valence-corrected chi connectivity index (χ3v) is 6.60. The minimum absolute atomic E-state index is 0.0401. The maximum atomic E-state index is 13.6. The van der Waals surface area contributed by atoms with E-state index in [4.69, 9.17) is 0 Å². The van der Waals surface area contributed by atoms with Gasteiger partial charge in [-0.1, -0.05) is 43.7 Å². The van der Waals surface area contributed by atoms with Crippen molar-refractivity contribution in [3.63, 3.8) is 0 Å². The fourth-order valence-corrected chi connectivity index (χ4v) is 4.78. The molecule has 1 unspecified atom stereocenters. The van der Waals surface area contributed by atoms with Gasteiger partial charge in [0.1, 0.15) is 0 Å². The van der Waals surface area contributed by atoms with E-state index in [0.717, 1.165) is 38.6 Å². The van der Waals surface area contributed by atoms with Gasteiger partial charge in [0.2, 0.25) is 17.7 Å². The highest BCUT2D eigenvalue weighted by atomic mass is 16.2. The average molecular weight is 400 g/mol. The van der Waals surface area contributed by atoms with Crippen molar-refractivity contribution in [3.8, 4) is 0 Å². The Labute approximate surface area is 173 Å². The van der Waals surface area contributed by atoms with Gasteiger partial charge < -0.3 is 15.1 Å². The molecule has 6 nitrogen and oxygen atoms in total. The van der Waals surface area contributed by atoms with E-state index in [1.54, 1.807) is 0 Å². The van der Waals surface area contributed by atoms with Crippen molar-refractivity contribution in [1.82, 2.24) is 15.1 Å². The minimum atomic E-state index is -0.363. The number of likely N-dealkylation sites (tertiary alicyclic amines) is 2. The summed E-state index contributed by atoms with van der Waals surface area (Å²) in [6.45, 7) is 6.41. The summed E-state index contributed by atoms with van der Waals surface area (Å²) in [5.74, 6) is 0.322. The molecule has 2 aliphatic heterocycles. The summed E-state index contributed by atoms with van der Waals surface area (Å²) >= 11 is 0. The zero-order chi connectivity index (χ0) is 20.9. The predicted octanol–water partition coefficient (Wildman–Crippen LogP) is 2.58. The van der Waals surface area contributed by atoms with Crippen LogP contribution in [0.2, 0.25) is 0 Å². The molecule has 1 N–H and O–H groups in total. The van der Waals surface area contributed by atoms with Gasteiger partial charge in [-0.05, 0) is 37.2 Å². The second kappa shape index (κ2) is 9.42. The first-order valence-corrected chi connectivity index (χ1v) is 10.8. The third kappa shape index (κ3) is 5.17. The van der Waals surface area contributed by atoms with E-state index in [0.29, 0.717) is 19.6 Å². The zero-order valence-electron chi connectivity index (χ0n) is 17.7. The summed E-state index contributed by atoms with van der Waals surface area (Å²) in [4.78, 5) is 40.7. The summed E-state index contributed by atoms with van der Waals surface area (Å²) in [5.41, 5.74) is 0.807. The maximum Gasteiger partial charge on any atom is 0.241 e. The number of rotatable bonds is 5. The summed E-state index contributed by atoms with van der Waals surface area (Å²) in [6.07, 6.45) is 4.71. The lowest BCUT2D eigenvalue weighted by Crippen LogP contribution is -2.50. The van der Waals surface area contributed by atoms with Gasteiger partial charge in [-0.25, -0.2) is 0 Å². The molecule has 6 heteroatoms. The van der Waals surface area contributed by atoms with Crippen LogP contribution in [0, 0.1) is 11.3 Å². The number of carbonyl (C=O) groups excluding carboxylic acids is 3. The molecule has 2 heterocycles. The first kappa shape index (κ1) is 21.3. The quantitative estimate of drug-likeness (QED) is 0.827. The highest BCUT2D eigenvalue weighted by molar-refractivity contribution is 5.84. The number of nitrogens with one attached hydrogen (secondary N) is 1. The SMILES string of the molecule is CC(=O)NCC(=O)N1CCC(C2(C)CCCCN(Cc3ccccc3)C2=O)CC1. The van der Waals surface area contributed by atoms with Gasteiger partial charge in [0, 0.05) is 38.5 Å². The number of hydrogen-bond acceptors (Lipinski definition) is 3. The molecular formula is C23H33N3O3. The fraction of sp³-hybridized carbons (Fsp3) is 0.609. The van der Waals surface area contributed by atoms with Gasteiger partial charge >= 0.3 is 0 Å². The Morgan fingerprint density at radius 1 is 1.10 bits per heavy atom. The second-order valence-electron chi connectivity index (χ2n) is 8.65. The van der Waals surface area contributed by atoms with Gasteiger partial charge in [-0.15, -0.1) is 0 Å². The van der Waals surface area contributed by atoms with Crippen molar-refractivity contribution >= 4 is 17.7 Å². The Bertz CT molecular complexity index is 728. The topological polar surface area (TPSA) is 69.7 Å². The Morgan fingerprint density at radius 2 is 1.79 bits per heavy atom. The molecular weight excluding hydrogens is 366 g/mol. The minimum Gasteiger partial charge on any atom is -0.347 e. The Kier molecular flexibility index (Phi) is 6.93. The van der Waals surface area contributed by atoms with E-state index in [9.17, 15) is 14.4 Å². The first-order chi connectivity index (χ1) is 13.9. The van der Waals surface area contributed by atoms with Crippen LogP contribution in [0.5, 0.6) is 0 Å². The van der Waals surface area contributed by atoms with Crippen LogP contribution in [-0.4, -0.2) is 53.7 Å². The molecule has 158 valence electrons. The third-order valence-electron chi connectivity index (χ3n) is 6.60. The van der Waals surface area contributed by atoms with Crippen molar-refractivity contribution in [3.05, 3.63) is 35.9 Å². The van der Waals surface area contributed by atoms with Gasteiger partial charge in [0.25, 0.3) is 0 Å². The van der Waals surface area contributed by atoms with E-state index in [1.807, 2.05) is 28.0 Å². The van der Waals surface area contributed by atoms with Crippen molar-refractivity contribution in [2.75, 3.05) is 26.2 Å². The Hall–Kier alpha value is -2.37. The van der Waals surface area contributed by atoms with E-state index in [-0.39, 0.29) is 35.6 Å². The molecule has 3 amide bonds. The molecule has 0 aromatic heterocycles. The molecule has 0 saturated carbocycles. The van der Waals surface area contributed by atoms with Crippen LogP contribution in [0.15, 0.2) is 30.3 Å². The molecule has 2 aliphatic rings. The standard InChI is InChI=1S/C23H33N3O3/c1-18(27)24-16-21(28)25-14-10-20(11-15-25)23(2)12-6-7-13-26(22(23)29)17-19-8-4-3-5-9-19/h3-5,8-9,20H,6-7,10-17H2,1-2H3,(H,24,27). The van der Waals surface area contributed by atoms with Crippen molar-refractivity contribution < 1.29 is 14.4 Å². The number of benzene rings is 1. The number of nitrogens with zero attached hydrogens (tertiary/aromatic N) is 2. The number of amides is 3. The average Bonchev–Trinajstić information content (AvgIpc) is 2.87. The van der Waals surface area contributed by atoms with Crippen LogP contribution in [-0.2, 0) is 20.9 Å². The molecule has 0 spiro atoms. The molecule has 1 aromatic carbocycles. The van der Waals surface area contributed by atoms with Gasteiger partial charge in [-0.2, -0.15) is 0 Å². The lowest BCUT2D eigenvalue weighted by molar-refractivity contribution is -0.146. The zero-order valence-corrected chi connectivity index (χ0v) is 17.7. The van der Waals surface area contributed by atoms with E-state index >= 15 is 0 Å². The smallest absolute Gasteiger partial charge is 0.241 e. The van der Waals surface area contributed by atoms with E-state index in [1.165, 1.54) is 12.5 Å². The van der Waals surface area contributed by atoms with Crippen LogP contribution in [0.1, 0.15) is 51.5 Å². The molecule has 0 radical (unpaired) electrons. The highest BCUT2D eigenvalue weighted by Crippen LogP contribution is 2.43. The van der Waals surface area contributed by atoms with Gasteiger partial charge in [0.05, 0.1) is 6.54 Å². The van der Waals surface area contributed by atoms with Gasteiger partial charge in [0.15, 0.2) is 0 Å². The predicted molar refractivity (Wildman–Crippen MR) is 112 cm³/mol. The van der Waals surface area contributed by atoms with Crippen LogP contribution in [0.3, 0.4) is 0 Å². The molecule has 1 atom stereocenters. The summed E-state index contributed by atoms with van der Waals surface area (Å²) < 4.78 is 0. The molecule has 2 fully saturated rings. The van der Waals surface area contributed by atoms with Crippen LogP contribution < -0.4 is 5.32 Å². The molecule has 0 aliphatic carbocycles. The highest BCUT2D eigenvalue weighted by Gasteiger charge is 2.45. The molecule has 0 bridgehead atoms. The molecule has 29 heavy (non-hydrogen) atoms. The lowest BCUT2D eigenvalue weighted by atomic mass is 9.69. The largest absolute Gasteiger partial charge is 0.347 e. The normalized spacial score (nSPS) is 23.6. The summed E-state index contributed by atoms with van der Waals surface area (Å²) in [7, 11) is 0. The van der Waals surface area contributed by atoms with Crippen LogP contribution in [0.25, 0.3) is 0 Å². The van der Waals surface area contributed by atoms with Gasteiger partial charge in [-0.3, -0.25) is 14.4 Å². The van der Waals surface area contributed by atoms with Crippen LogP contribution in [0.4, 0.5) is 0 Å². The van der Waals surface area contributed by atoms with E-state index in [2.05, 4.69) is 24.4 Å². The maximum absolute atomic E-state index is 13.6. The molecule has 1 aromatic rings. The number of hydrogen-bond donors (Lipinski definition) is 1. The van der Waals surface area contributed by atoms with Crippen LogP contribution >= 0.6 is 0 Å². The van der Waals surface area contributed by atoms with Crippen molar-refractivity contribution in [2.45, 2.75) is 52.5 Å². The summed E-state index contributed by atoms with van der Waals surface area (Å²) in [6, 6.07) is 10.2. The second-order valence-corrected chi connectivity index (χ2v) is 8.65. The fourth-order valence-electron chi connectivity index (χ4n) is 4.78. The first-order valence-electron chi connectivity index (χ1n) is 10.8.